The third-order valence-corrected chi connectivity index (χ3v) is 13.1. The third kappa shape index (κ3) is 48.1. The molecule has 0 spiro atoms. The number of aliphatic hydroxyl groups excluding tert-OH is 2. The number of hydrogen-bond acceptors (Lipinski definition) is 5. The minimum atomic E-state index is -0.672. The highest BCUT2D eigenvalue weighted by Crippen LogP contribution is 2.17. The number of unbranched alkanes of at least 4 members (excludes halogenated alkanes) is 39. The second kappa shape index (κ2) is 52.2. The van der Waals surface area contributed by atoms with Crippen molar-refractivity contribution in [2.45, 2.75) is 321 Å². The zero-order valence-corrected chi connectivity index (χ0v) is 41.9. The van der Waals surface area contributed by atoms with Crippen molar-refractivity contribution in [2.75, 3.05) is 13.2 Å². The van der Waals surface area contributed by atoms with Gasteiger partial charge in [0.25, 0.3) is 0 Å². The fourth-order valence-corrected chi connectivity index (χ4v) is 8.75. The smallest absolute Gasteiger partial charge is 0.305 e. The number of nitrogens with one attached hydrogen (secondary N) is 1. The van der Waals surface area contributed by atoms with Crippen molar-refractivity contribution in [3.8, 4) is 0 Å². The van der Waals surface area contributed by atoms with Crippen molar-refractivity contribution in [3.63, 3.8) is 0 Å². The van der Waals surface area contributed by atoms with Crippen molar-refractivity contribution in [1.82, 2.24) is 5.32 Å². The lowest BCUT2D eigenvalue weighted by Crippen LogP contribution is -2.45. The van der Waals surface area contributed by atoms with Gasteiger partial charge in [-0.3, -0.25) is 9.59 Å². The van der Waals surface area contributed by atoms with E-state index >= 15 is 0 Å². The second-order valence-corrected chi connectivity index (χ2v) is 19.3. The first-order chi connectivity index (χ1) is 30.5. The quantitative estimate of drug-likeness (QED) is 0.0321. The molecule has 0 heterocycles. The maximum absolute atomic E-state index is 12.4. The van der Waals surface area contributed by atoms with Crippen LogP contribution in [0.1, 0.15) is 309 Å². The monoisotopic (exact) mass is 876 g/mol. The van der Waals surface area contributed by atoms with Gasteiger partial charge in [0, 0.05) is 12.8 Å². The molecule has 0 aromatic carbocycles. The average Bonchev–Trinajstić information content (AvgIpc) is 3.27. The Bertz CT molecular complexity index is 924. The summed E-state index contributed by atoms with van der Waals surface area (Å²) >= 11 is 0. The molecular weight excluding hydrogens is 767 g/mol. The van der Waals surface area contributed by atoms with Crippen LogP contribution in [0.4, 0.5) is 0 Å². The summed E-state index contributed by atoms with van der Waals surface area (Å²) < 4.78 is 5.48. The number of amides is 1. The van der Waals surface area contributed by atoms with Gasteiger partial charge in [-0.2, -0.15) is 0 Å². The molecule has 0 saturated carbocycles. The van der Waals surface area contributed by atoms with Crippen LogP contribution in [-0.4, -0.2) is 47.4 Å². The molecule has 2 unspecified atom stereocenters. The number of ether oxygens (including phenoxy) is 1. The van der Waals surface area contributed by atoms with E-state index in [0.29, 0.717) is 25.9 Å². The molecule has 0 aliphatic rings. The number of rotatable bonds is 52. The van der Waals surface area contributed by atoms with Gasteiger partial charge in [0.05, 0.1) is 25.4 Å². The number of hydrogen-bond donors (Lipinski definition) is 3. The molecule has 0 aromatic heterocycles. The maximum Gasteiger partial charge on any atom is 0.305 e. The number of esters is 1. The summed E-state index contributed by atoms with van der Waals surface area (Å²) in [5, 5.41) is 23.1. The van der Waals surface area contributed by atoms with E-state index in [0.717, 1.165) is 70.6 Å². The minimum Gasteiger partial charge on any atom is -0.466 e. The molecule has 6 nitrogen and oxygen atoms in total. The molecule has 0 aliphatic heterocycles. The van der Waals surface area contributed by atoms with Crippen LogP contribution >= 0.6 is 0 Å². The minimum absolute atomic E-state index is 0.00510. The lowest BCUT2D eigenvalue weighted by molar-refractivity contribution is -0.143. The van der Waals surface area contributed by atoms with Gasteiger partial charge in [-0.1, -0.05) is 257 Å². The Morgan fingerprint density at radius 3 is 1.15 bits per heavy atom. The van der Waals surface area contributed by atoms with Crippen LogP contribution in [0.5, 0.6) is 0 Å². The van der Waals surface area contributed by atoms with E-state index in [1.165, 1.54) is 205 Å². The summed E-state index contributed by atoms with van der Waals surface area (Å²) in [5.41, 5.74) is 0. The number of carbonyl (C=O) groups excluding carboxylic acids is 2. The van der Waals surface area contributed by atoms with E-state index < -0.39 is 12.1 Å². The molecule has 0 aromatic rings. The van der Waals surface area contributed by atoms with E-state index in [1.807, 2.05) is 0 Å². The van der Waals surface area contributed by atoms with Gasteiger partial charge in [-0.25, -0.2) is 0 Å². The normalized spacial score (nSPS) is 12.6. The molecule has 1 amide bonds. The fourth-order valence-electron chi connectivity index (χ4n) is 8.75. The van der Waals surface area contributed by atoms with Crippen molar-refractivity contribution < 1.29 is 24.5 Å². The van der Waals surface area contributed by atoms with E-state index in [1.54, 1.807) is 0 Å². The van der Waals surface area contributed by atoms with Crippen molar-refractivity contribution in [3.05, 3.63) is 12.2 Å². The van der Waals surface area contributed by atoms with Gasteiger partial charge in [0.1, 0.15) is 0 Å². The molecule has 62 heavy (non-hydrogen) atoms. The first kappa shape index (κ1) is 60.6. The Hall–Kier alpha value is -1.40. The topological polar surface area (TPSA) is 95.9 Å². The van der Waals surface area contributed by atoms with Crippen LogP contribution in [-0.2, 0) is 14.3 Å². The lowest BCUT2D eigenvalue weighted by atomic mass is 10.0. The molecule has 6 heteroatoms. The van der Waals surface area contributed by atoms with E-state index in [2.05, 4.69) is 31.3 Å². The number of carbonyl (C=O) groups is 2. The summed E-state index contributed by atoms with van der Waals surface area (Å²) in [6.45, 7) is 4.92. The standard InChI is InChI=1S/C56H109NO5/c1-3-5-7-9-11-13-15-16-17-18-19-20-23-26-30-34-38-42-46-50-56(61)62-51-47-43-39-35-31-27-24-21-22-25-29-33-37-41-45-49-55(60)57-53(52-58)54(59)48-44-40-36-32-28-14-12-10-8-6-4-2/h24,27,53-54,58-59H,3-23,25-26,28-52H2,1-2H3,(H,57,60)/b27-24-. The number of allylic oxidation sites excluding steroid dienone is 2. The molecule has 0 rings (SSSR count). The molecule has 0 fully saturated rings. The molecule has 0 radical (unpaired) electrons. The van der Waals surface area contributed by atoms with Crippen LogP contribution < -0.4 is 5.32 Å². The van der Waals surface area contributed by atoms with E-state index in [4.69, 9.17) is 4.74 Å². The van der Waals surface area contributed by atoms with Crippen molar-refractivity contribution >= 4 is 11.9 Å². The highest BCUT2D eigenvalue weighted by atomic mass is 16.5. The first-order valence-electron chi connectivity index (χ1n) is 27.9. The summed E-state index contributed by atoms with van der Waals surface area (Å²) in [6, 6.07) is -0.550. The molecule has 0 saturated heterocycles. The molecule has 2 atom stereocenters. The van der Waals surface area contributed by atoms with Gasteiger partial charge in [-0.15, -0.1) is 0 Å². The highest BCUT2D eigenvalue weighted by Gasteiger charge is 2.20. The van der Waals surface area contributed by atoms with Crippen LogP contribution in [0.25, 0.3) is 0 Å². The van der Waals surface area contributed by atoms with Crippen LogP contribution in [0.2, 0.25) is 0 Å². The van der Waals surface area contributed by atoms with E-state index in [-0.39, 0.29) is 18.5 Å². The Labute approximate surface area is 387 Å². The summed E-state index contributed by atoms with van der Waals surface area (Å²) in [5.74, 6) is -0.0553. The lowest BCUT2D eigenvalue weighted by Gasteiger charge is -2.22. The van der Waals surface area contributed by atoms with Gasteiger partial charge in [0.2, 0.25) is 5.91 Å². The SMILES string of the molecule is CCCCCCCCCCCCCCCCCCCCCC(=O)OCCCCCC/C=C\CCCCCCCCCC(=O)NC(CO)C(O)CCCCCCCCCCCCC. The summed E-state index contributed by atoms with van der Waals surface area (Å²) in [4.78, 5) is 24.5. The fraction of sp³-hybridized carbons (Fsp3) is 0.929. The predicted octanol–water partition coefficient (Wildman–Crippen LogP) is 16.9. The average molecular weight is 876 g/mol. The highest BCUT2D eigenvalue weighted by molar-refractivity contribution is 5.76. The Balaban J connectivity index is 3.42. The molecule has 368 valence electrons. The van der Waals surface area contributed by atoms with Gasteiger partial charge >= 0.3 is 5.97 Å². The first-order valence-corrected chi connectivity index (χ1v) is 27.9. The maximum atomic E-state index is 12.4. The van der Waals surface area contributed by atoms with Crippen LogP contribution in [0.3, 0.4) is 0 Å². The van der Waals surface area contributed by atoms with Gasteiger partial charge in [-0.05, 0) is 51.4 Å². The van der Waals surface area contributed by atoms with Crippen molar-refractivity contribution in [1.29, 1.82) is 0 Å². The molecular formula is C56H109NO5. The predicted molar refractivity (Wildman–Crippen MR) is 269 cm³/mol. The van der Waals surface area contributed by atoms with Gasteiger partial charge in [0.15, 0.2) is 0 Å². The zero-order chi connectivity index (χ0) is 45.1. The zero-order valence-electron chi connectivity index (χ0n) is 41.9. The number of aliphatic hydroxyl groups is 2. The summed E-state index contributed by atoms with van der Waals surface area (Å²) in [7, 11) is 0. The van der Waals surface area contributed by atoms with Crippen LogP contribution in [0.15, 0.2) is 12.2 Å². The van der Waals surface area contributed by atoms with Crippen molar-refractivity contribution in [2.24, 2.45) is 0 Å². The summed E-state index contributed by atoms with van der Waals surface area (Å²) in [6.07, 6.45) is 60.6. The second-order valence-electron chi connectivity index (χ2n) is 19.3. The third-order valence-electron chi connectivity index (χ3n) is 13.1. The molecule has 3 N–H and O–H groups in total. The Morgan fingerprint density at radius 1 is 0.435 bits per heavy atom. The largest absolute Gasteiger partial charge is 0.466 e. The van der Waals surface area contributed by atoms with E-state index in [9.17, 15) is 19.8 Å². The molecule has 0 bridgehead atoms. The molecule has 0 aliphatic carbocycles. The van der Waals surface area contributed by atoms with Crippen LogP contribution in [0, 0.1) is 0 Å². The Morgan fingerprint density at radius 2 is 0.758 bits per heavy atom. The van der Waals surface area contributed by atoms with Gasteiger partial charge < -0.3 is 20.3 Å². The Kier molecular flexibility index (Phi) is 51.0.